The molecule has 0 radical (unpaired) electrons. The fraction of sp³-hybridized carbons (Fsp3) is 0.414. The predicted molar refractivity (Wildman–Crippen MR) is 138 cm³/mol. The van der Waals surface area contributed by atoms with Gasteiger partial charge in [-0.3, -0.25) is 14.7 Å². The Morgan fingerprint density at radius 1 is 0.943 bits per heavy atom. The highest BCUT2D eigenvalue weighted by molar-refractivity contribution is 6.05. The average Bonchev–Trinajstić information content (AvgIpc) is 2.95. The number of piperidine rings is 1. The summed E-state index contributed by atoms with van der Waals surface area (Å²) in [6, 6.07) is 19.5. The molecule has 0 N–H and O–H groups in total. The first kappa shape index (κ1) is 23.5. The zero-order chi connectivity index (χ0) is 24.0. The maximum absolute atomic E-state index is 13.6. The predicted octanol–water partition coefficient (Wildman–Crippen LogP) is 5.32. The monoisotopic (exact) mass is 470 g/mol. The van der Waals surface area contributed by atoms with E-state index in [9.17, 15) is 4.79 Å². The Morgan fingerprint density at radius 3 is 2.37 bits per heavy atom. The van der Waals surface area contributed by atoms with Gasteiger partial charge in [-0.15, -0.1) is 0 Å². The van der Waals surface area contributed by atoms with Crippen LogP contribution in [0.2, 0.25) is 0 Å². The molecule has 35 heavy (non-hydrogen) atoms. The van der Waals surface area contributed by atoms with E-state index in [-0.39, 0.29) is 11.9 Å². The standard InChI is InChI=1S/C29H34N4O2/c1-35-25-13-11-23(12-14-25)33(29(34)27-21-30-17-18-31-27)24-15-19-32(20-16-24)28-10-6-5-9-26(28)22-7-3-2-4-8-22/h2-4,7-8,11-14,17-18,21,24,26,28H,5-6,9-10,15-16,19-20H2,1H3/t26-,28-/m1/s1. The van der Waals surface area contributed by atoms with Gasteiger partial charge < -0.3 is 9.64 Å². The molecule has 2 fully saturated rings. The van der Waals surface area contributed by atoms with Crippen molar-refractivity contribution in [1.29, 1.82) is 0 Å². The van der Waals surface area contributed by atoms with Gasteiger partial charge in [-0.25, -0.2) is 4.98 Å². The Kier molecular flexibility index (Phi) is 7.38. The van der Waals surface area contributed by atoms with Crippen molar-refractivity contribution in [2.75, 3.05) is 25.1 Å². The molecule has 1 saturated heterocycles. The number of nitrogens with zero attached hydrogens (tertiary/aromatic N) is 4. The van der Waals surface area contributed by atoms with Crippen LogP contribution in [-0.4, -0.2) is 53.1 Å². The largest absolute Gasteiger partial charge is 0.497 e. The number of anilines is 1. The zero-order valence-electron chi connectivity index (χ0n) is 20.4. The third-order valence-corrected chi connectivity index (χ3v) is 7.64. The van der Waals surface area contributed by atoms with E-state index in [0.29, 0.717) is 17.7 Å². The number of carbonyl (C=O) groups excluding carboxylic acids is 1. The second kappa shape index (κ2) is 11.0. The number of hydrogen-bond acceptors (Lipinski definition) is 5. The van der Waals surface area contributed by atoms with Crippen LogP contribution in [0.3, 0.4) is 0 Å². The summed E-state index contributed by atoms with van der Waals surface area (Å²) in [6.45, 7) is 2.00. The minimum Gasteiger partial charge on any atom is -0.497 e. The highest BCUT2D eigenvalue weighted by atomic mass is 16.5. The molecule has 5 rings (SSSR count). The number of carbonyl (C=O) groups is 1. The highest BCUT2D eigenvalue weighted by Crippen LogP contribution is 2.38. The molecule has 1 saturated carbocycles. The average molecular weight is 471 g/mol. The number of benzene rings is 2. The first-order valence-corrected chi connectivity index (χ1v) is 12.8. The van der Waals surface area contributed by atoms with E-state index >= 15 is 0 Å². The number of aromatic nitrogens is 2. The van der Waals surface area contributed by atoms with Gasteiger partial charge in [-0.2, -0.15) is 0 Å². The molecule has 2 aromatic carbocycles. The Balaban J connectivity index is 1.34. The third kappa shape index (κ3) is 5.22. The van der Waals surface area contributed by atoms with Gasteiger partial charge in [0.2, 0.25) is 0 Å². The van der Waals surface area contributed by atoms with Crippen molar-refractivity contribution in [2.24, 2.45) is 0 Å². The van der Waals surface area contributed by atoms with Gasteiger partial charge in [0.05, 0.1) is 13.3 Å². The molecule has 2 heterocycles. The van der Waals surface area contributed by atoms with Crippen LogP contribution in [0.15, 0.2) is 73.2 Å². The van der Waals surface area contributed by atoms with E-state index in [2.05, 4.69) is 45.2 Å². The van der Waals surface area contributed by atoms with Crippen LogP contribution in [0.4, 0.5) is 5.69 Å². The summed E-state index contributed by atoms with van der Waals surface area (Å²) >= 11 is 0. The first-order chi connectivity index (χ1) is 17.2. The summed E-state index contributed by atoms with van der Waals surface area (Å²) in [5, 5.41) is 0. The van der Waals surface area contributed by atoms with Crippen LogP contribution in [0.5, 0.6) is 5.75 Å². The lowest BCUT2D eigenvalue weighted by molar-refractivity contribution is 0.0891. The van der Waals surface area contributed by atoms with Crippen LogP contribution >= 0.6 is 0 Å². The van der Waals surface area contributed by atoms with Gasteiger partial charge in [0, 0.05) is 43.3 Å². The maximum atomic E-state index is 13.6. The molecular weight excluding hydrogens is 436 g/mol. The van der Waals surface area contributed by atoms with Gasteiger partial charge in [0.15, 0.2) is 0 Å². The van der Waals surface area contributed by atoms with E-state index in [1.54, 1.807) is 25.7 Å². The van der Waals surface area contributed by atoms with Gasteiger partial charge >= 0.3 is 0 Å². The van der Waals surface area contributed by atoms with Crippen molar-refractivity contribution in [1.82, 2.24) is 14.9 Å². The van der Waals surface area contributed by atoms with Crippen LogP contribution in [-0.2, 0) is 0 Å². The van der Waals surface area contributed by atoms with Gasteiger partial charge in [0.1, 0.15) is 11.4 Å². The molecule has 1 aliphatic carbocycles. The van der Waals surface area contributed by atoms with Gasteiger partial charge in [-0.05, 0) is 61.4 Å². The maximum Gasteiger partial charge on any atom is 0.278 e. The normalized spacial score (nSPS) is 21.4. The van der Waals surface area contributed by atoms with E-state index in [1.807, 2.05) is 29.2 Å². The number of rotatable bonds is 6. The second-order valence-electron chi connectivity index (χ2n) is 9.60. The van der Waals surface area contributed by atoms with Crippen molar-refractivity contribution in [3.63, 3.8) is 0 Å². The molecular formula is C29H34N4O2. The summed E-state index contributed by atoms with van der Waals surface area (Å²) in [5.74, 6) is 1.28. The third-order valence-electron chi connectivity index (χ3n) is 7.64. The van der Waals surface area contributed by atoms with Crippen molar-refractivity contribution < 1.29 is 9.53 Å². The molecule has 2 aliphatic rings. The Bertz CT molecular complexity index is 1080. The zero-order valence-corrected chi connectivity index (χ0v) is 20.4. The van der Waals surface area contributed by atoms with Crippen molar-refractivity contribution in [3.05, 3.63) is 84.4 Å². The number of ether oxygens (including phenoxy) is 1. The Hall–Kier alpha value is -3.25. The minimum atomic E-state index is -0.0958. The quantitative estimate of drug-likeness (QED) is 0.488. The summed E-state index contributed by atoms with van der Waals surface area (Å²) in [7, 11) is 1.65. The fourth-order valence-corrected chi connectivity index (χ4v) is 5.88. The smallest absolute Gasteiger partial charge is 0.278 e. The molecule has 0 bridgehead atoms. The number of amides is 1. The highest BCUT2D eigenvalue weighted by Gasteiger charge is 2.36. The van der Waals surface area contributed by atoms with E-state index < -0.39 is 0 Å². The Labute approximate surface area is 208 Å². The Morgan fingerprint density at radius 2 is 1.69 bits per heavy atom. The molecule has 1 amide bonds. The lowest BCUT2D eigenvalue weighted by Gasteiger charge is -2.45. The van der Waals surface area contributed by atoms with Crippen LogP contribution in [0.1, 0.15) is 60.5 Å². The summed E-state index contributed by atoms with van der Waals surface area (Å²) in [5.41, 5.74) is 2.72. The number of likely N-dealkylation sites (tertiary alicyclic amines) is 1. The molecule has 3 aromatic rings. The van der Waals surface area contributed by atoms with Gasteiger partial charge in [-0.1, -0.05) is 43.2 Å². The van der Waals surface area contributed by atoms with Crippen LogP contribution in [0.25, 0.3) is 0 Å². The summed E-state index contributed by atoms with van der Waals surface area (Å²) in [6.07, 6.45) is 11.7. The fourth-order valence-electron chi connectivity index (χ4n) is 5.88. The van der Waals surface area contributed by atoms with E-state index in [0.717, 1.165) is 37.4 Å². The van der Waals surface area contributed by atoms with E-state index in [4.69, 9.17) is 4.74 Å². The molecule has 1 aliphatic heterocycles. The van der Waals surface area contributed by atoms with Gasteiger partial charge in [0.25, 0.3) is 5.91 Å². The van der Waals surface area contributed by atoms with E-state index in [1.165, 1.54) is 31.2 Å². The molecule has 1 aromatic heterocycles. The van der Waals surface area contributed by atoms with Crippen molar-refractivity contribution in [3.8, 4) is 5.75 Å². The second-order valence-corrected chi connectivity index (χ2v) is 9.60. The van der Waals surface area contributed by atoms with Crippen molar-refractivity contribution >= 4 is 11.6 Å². The summed E-state index contributed by atoms with van der Waals surface area (Å²) < 4.78 is 5.33. The van der Waals surface area contributed by atoms with Crippen molar-refractivity contribution in [2.45, 2.75) is 56.5 Å². The topological polar surface area (TPSA) is 58.6 Å². The number of methoxy groups -OCH3 is 1. The number of hydrogen-bond donors (Lipinski definition) is 0. The molecule has 6 nitrogen and oxygen atoms in total. The minimum absolute atomic E-state index is 0.0958. The molecule has 182 valence electrons. The summed E-state index contributed by atoms with van der Waals surface area (Å²) in [4.78, 5) is 26.6. The SMILES string of the molecule is COc1ccc(N(C(=O)c2cnccn2)C2CCN([C@@H]3CCCC[C@@H]3c3ccccc3)CC2)cc1. The molecule has 2 atom stereocenters. The molecule has 0 unspecified atom stereocenters. The van der Waals surface area contributed by atoms with Crippen LogP contribution < -0.4 is 9.64 Å². The lowest BCUT2D eigenvalue weighted by Crippen LogP contribution is -2.52. The first-order valence-electron chi connectivity index (χ1n) is 12.8. The molecule has 6 heteroatoms. The molecule has 0 spiro atoms. The van der Waals surface area contributed by atoms with Crippen LogP contribution in [0, 0.1) is 0 Å². The lowest BCUT2D eigenvalue weighted by atomic mass is 9.78.